The summed E-state index contributed by atoms with van der Waals surface area (Å²) in [6.45, 7) is 1.79. The Kier molecular flexibility index (Phi) is 3.14. The molecular weight excluding hydrogens is 274 g/mol. The number of aromatic nitrogens is 1. The van der Waals surface area contributed by atoms with Gasteiger partial charge in [-0.25, -0.2) is 4.98 Å². The van der Waals surface area contributed by atoms with Crippen LogP contribution in [0.25, 0.3) is 10.2 Å². The summed E-state index contributed by atoms with van der Waals surface area (Å²) in [6.07, 6.45) is 2.05. The average Bonchev–Trinajstić information content (AvgIpc) is 3.20. The standard InChI is InChI=1S/C14H17N3O2S/c1-14(15,8-3-4-8)12(18)17-13-16-10-6-5-9(19-2)7-11(10)20-13/h5-8H,3-4,15H2,1-2H3,(H,16,17,18). The summed E-state index contributed by atoms with van der Waals surface area (Å²) in [5.41, 5.74) is 6.13. The van der Waals surface area contributed by atoms with Gasteiger partial charge in [0.1, 0.15) is 5.75 Å². The van der Waals surface area contributed by atoms with Crippen LogP contribution >= 0.6 is 11.3 Å². The number of nitrogens with one attached hydrogen (secondary N) is 1. The Morgan fingerprint density at radius 3 is 2.95 bits per heavy atom. The van der Waals surface area contributed by atoms with Gasteiger partial charge in [-0.2, -0.15) is 0 Å². The van der Waals surface area contributed by atoms with Crippen LogP contribution in [0.3, 0.4) is 0 Å². The molecule has 1 aliphatic rings. The predicted octanol–water partition coefficient (Wildman–Crippen LogP) is 2.37. The van der Waals surface area contributed by atoms with Crippen molar-refractivity contribution in [3.8, 4) is 5.75 Å². The largest absolute Gasteiger partial charge is 0.497 e. The number of methoxy groups -OCH3 is 1. The highest BCUT2D eigenvalue weighted by Gasteiger charge is 2.44. The third-order valence-electron chi connectivity index (χ3n) is 3.73. The van der Waals surface area contributed by atoms with E-state index in [0.29, 0.717) is 5.13 Å². The van der Waals surface area contributed by atoms with E-state index in [0.717, 1.165) is 28.8 Å². The number of fused-ring (bicyclic) bond motifs is 1. The summed E-state index contributed by atoms with van der Waals surface area (Å²) in [5, 5.41) is 3.41. The van der Waals surface area contributed by atoms with Crippen LogP contribution in [0.1, 0.15) is 19.8 Å². The molecule has 1 unspecified atom stereocenters. The molecule has 0 spiro atoms. The summed E-state index contributed by atoms with van der Waals surface area (Å²) in [5.74, 6) is 0.906. The molecule has 1 aromatic carbocycles. The van der Waals surface area contributed by atoms with E-state index >= 15 is 0 Å². The summed E-state index contributed by atoms with van der Waals surface area (Å²) >= 11 is 1.42. The normalized spacial score (nSPS) is 17.8. The van der Waals surface area contributed by atoms with E-state index in [9.17, 15) is 4.79 Å². The molecule has 0 aliphatic heterocycles. The van der Waals surface area contributed by atoms with E-state index in [4.69, 9.17) is 10.5 Å². The number of ether oxygens (including phenoxy) is 1. The zero-order valence-corrected chi connectivity index (χ0v) is 12.3. The Bertz CT molecular complexity index is 661. The molecule has 0 saturated heterocycles. The van der Waals surface area contributed by atoms with Gasteiger partial charge in [0.15, 0.2) is 5.13 Å². The number of nitrogens with two attached hydrogens (primary N) is 1. The third kappa shape index (κ3) is 2.36. The molecule has 20 heavy (non-hydrogen) atoms. The van der Waals surface area contributed by atoms with Gasteiger partial charge in [0, 0.05) is 0 Å². The smallest absolute Gasteiger partial charge is 0.246 e. The first-order valence-electron chi connectivity index (χ1n) is 6.55. The maximum atomic E-state index is 12.2. The molecule has 1 aromatic heterocycles. The first kappa shape index (κ1) is 13.3. The van der Waals surface area contributed by atoms with Crippen LogP contribution in [0.15, 0.2) is 18.2 Å². The van der Waals surface area contributed by atoms with E-state index in [-0.39, 0.29) is 11.8 Å². The first-order chi connectivity index (χ1) is 9.50. The molecule has 6 heteroatoms. The van der Waals surface area contributed by atoms with Gasteiger partial charge in [0.05, 0.1) is 22.9 Å². The van der Waals surface area contributed by atoms with Crippen molar-refractivity contribution in [3.63, 3.8) is 0 Å². The summed E-state index contributed by atoms with van der Waals surface area (Å²) in [4.78, 5) is 16.6. The van der Waals surface area contributed by atoms with E-state index in [2.05, 4.69) is 10.3 Å². The molecule has 3 rings (SSSR count). The minimum atomic E-state index is -0.810. The van der Waals surface area contributed by atoms with Gasteiger partial charge in [0.2, 0.25) is 5.91 Å². The van der Waals surface area contributed by atoms with E-state index in [1.54, 1.807) is 14.0 Å². The lowest BCUT2D eigenvalue weighted by molar-refractivity contribution is -0.121. The highest BCUT2D eigenvalue weighted by atomic mass is 32.1. The second-order valence-corrected chi connectivity index (χ2v) is 6.39. The first-order valence-corrected chi connectivity index (χ1v) is 7.37. The molecule has 1 saturated carbocycles. The topological polar surface area (TPSA) is 77.2 Å². The van der Waals surface area contributed by atoms with Crippen molar-refractivity contribution in [3.05, 3.63) is 18.2 Å². The molecule has 1 heterocycles. The molecule has 3 N–H and O–H groups in total. The highest BCUT2D eigenvalue weighted by molar-refractivity contribution is 7.22. The van der Waals surface area contributed by atoms with Crippen LogP contribution in [0.4, 0.5) is 5.13 Å². The van der Waals surface area contributed by atoms with Crippen LogP contribution in [-0.4, -0.2) is 23.5 Å². The maximum absolute atomic E-state index is 12.2. The SMILES string of the molecule is COc1ccc2nc(NC(=O)C(C)(N)C3CC3)sc2c1. The summed E-state index contributed by atoms with van der Waals surface area (Å²) in [7, 11) is 1.63. The van der Waals surface area contributed by atoms with Gasteiger partial charge >= 0.3 is 0 Å². The van der Waals surface area contributed by atoms with Gasteiger partial charge in [-0.05, 0) is 43.9 Å². The van der Waals surface area contributed by atoms with Crippen LogP contribution in [0, 0.1) is 5.92 Å². The minimum absolute atomic E-state index is 0.161. The van der Waals surface area contributed by atoms with Crippen LogP contribution in [0.5, 0.6) is 5.75 Å². The number of rotatable bonds is 4. The molecule has 0 bridgehead atoms. The molecule has 106 valence electrons. The molecule has 1 fully saturated rings. The Morgan fingerprint density at radius 1 is 1.55 bits per heavy atom. The zero-order valence-electron chi connectivity index (χ0n) is 11.5. The third-order valence-corrected chi connectivity index (χ3v) is 4.66. The fourth-order valence-electron chi connectivity index (χ4n) is 2.19. The van der Waals surface area contributed by atoms with Gasteiger partial charge in [-0.1, -0.05) is 11.3 Å². The highest BCUT2D eigenvalue weighted by Crippen LogP contribution is 2.39. The number of hydrogen-bond acceptors (Lipinski definition) is 5. The van der Waals surface area contributed by atoms with Crippen molar-refractivity contribution in [2.24, 2.45) is 11.7 Å². The van der Waals surface area contributed by atoms with Crippen LogP contribution < -0.4 is 15.8 Å². The molecule has 2 aromatic rings. The van der Waals surface area contributed by atoms with E-state index in [1.807, 2.05) is 18.2 Å². The number of carbonyl (C=O) groups excluding carboxylic acids is 1. The number of benzene rings is 1. The molecule has 1 amide bonds. The predicted molar refractivity (Wildman–Crippen MR) is 80.1 cm³/mol. The number of anilines is 1. The van der Waals surface area contributed by atoms with E-state index < -0.39 is 5.54 Å². The minimum Gasteiger partial charge on any atom is -0.497 e. The second kappa shape index (κ2) is 4.71. The number of nitrogens with zero attached hydrogens (tertiary/aromatic N) is 1. The Morgan fingerprint density at radius 2 is 2.30 bits per heavy atom. The number of thiazole rings is 1. The molecule has 0 radical (unpaired) electrons. The Labute approximate surface area is 121 Å². The summed E-state index contributed by atoms with van der Waals surface area (Å²) < 4.78 is 6.15. The van der Waals surface area contributed by atoms with Gasteiger partial charge in [-0.3, -0.25) is 4.79 Å². The molecular formula is C14H17N3O2S. The molecule has 5 nitrogen and oxygen atoms in total. The van der Waals surface area contributed by atoms with Crippen molar-refractivity contribution in [1.29, 1.82) is 0 Å². The monoisotopic (exact) mass is 291 g/mol. The van der Waals surface area contributed by atoms with Crippen molar-refractivity contribution < 1.29 is 9.53 Å². The Balaban J connectivity index is 1.82. The van der Waals surface area contributed by atoms with Crippen molar-refractivity contribution in [2.45, 2.75) is 25.3 Å². The lowest BCUT2D eigenvalue weighted by Gasteiger charge is -2.22. The Hall–Kier alpha value is -1.66. The average molecular weight is 291 g/mol. The van der Waals surface area contributed by atoms with Crippen LogP contribution in [0.2, 0.25) is 0 Å². The van der Waals surface area contributed by atoms with Crippen LogP contribution in [-0.2, 0) is 4.79 Å². The fourth-order valence-corrected chi connectivity index (χ4v) is 3.07. The molecule has 1 atom stereocenters. The van der Waals surface area contributed by atoms with E-state index in [1.165, 1.54) is 11.3 Å². The van der Waals surface area contributed by atoms with Crippen molar-refractivity contribution in [1.82, 2.24) is 4.98 Å². The maximum Gasteiger partial charge on any atom is 0.246 e. The second-order valence-electron chi connectivity index (χ2n) is 5.36. The zero-order chi connectivity index (χ0) is 14.3. The lowest BCUT2D eigenvalue weighted by atomic mass is 9.96. The van der Waals surface area contributed by atoms with Gasteiger partial charge in [0.25, 0.3) is 0 Å². The quantitative estimate of drug-likeness (QED) is 0.906. The number of hydrogen-bond donors (Lipinski definition) is 2. The number of amides is 1. The summed E-state index contributed by atoms with van der Waals surface area (Å²) in [6, 6.07) is 5.64. The number of carbonyl (C=O) groups is 1. The van der Waals surface area contributed by atoms with Gasteiger partial charge < -0.3 is 15.8 Å². The van der Waals surface area contributed by atoms with Gasteiger partial charge in [-0.15, -0.1) is 0 Å². The fraction of sp³-hybridized carbons (Fsp3) is 0.429. The van der Waals surface area contributed by atoms with Crippen molar-refractivity contribution in [2.75, 3.05) is 12.4 Å². The lowest BCUT2D eigenvalue weighted by Crippen LogP contribution is -2.50. The van der Waals surface area contributed by atoms with Crippen molar-refractivity contribution >= 4 is 32.6 Å². The molecule has 1 aliphatic carbocycles.